The molecule has 6 heteroatoms. The number of nitrogens with one attached hydrogen (secondary N) is 1. The van der Waals surface area contributed by atoms with Crippen molar-refractivity contribution in [2.24, 2.45) is 5.92 Å². The number of carbonyl (C=O) groups excluding carboxylic acids is 2. The Hall–Kier alpha value is -2.89. The molecule has 2 aromatic carbocycles. The highest BCUT2D eigenvalue weighted by molar-refractivity contribution is 5.78. The highest BCUT2D eigenvalue weighted by Gasteiger charge is 2.22. The number of rotatable bonds is 7. The Bertz CT molecular complexity index is 780. The van der Waals surface area contributed by atoms with Crippen molar-refractivity contribution in [3.8, 4) is 5.75 Å². The summed E-state index contributed by atoms with van der Waals surface area (Å²) >= 11 is 0. The maximum absolute atomic E-state index is 12.9. The smallest absolute Gasteiger partial charge is 0.257 e. The van der Waals surface area contributed by atoms with Crippen LogP contribution in [0.15, 0.2) is 54.6 Å². The van der Waals surface area contributed by atoms with E-state index in [0.717, 1.165) is 18.4 Å². The molecule has 1 atom stereocenters. The van der Waals surface area contributed by atoms with Crippen LogP contribution in [0.5, 0.6) is 5.75 Å². The summed E-state index contributed by atoms with van der Waals surface area (Å²) < 4.78 is 18.2. The summed E-state index contributed by atoms with van der Waals surface area (Å²) in [5.74, 6) is 0.312. The summed E-state index contributed by atoms with van der Waals surface area (Å²) in [6, 6.07) is 15.5. The number of amides is 2. The van der Waals surface area contributed by atoms with Gasteiger partial charge in [0.2, 0.25) is 5.91 Å². The number of hydrogen-bond acceptors (Lipinski definition) is 3. The highest BCUT2D eigenvalue weighted by atomic mass is 19.1. The van der Waals surface area contributed by atoms with Crippen LogP contribution >= 0.6 is 0 Å². The van der Waals surface area contributed by atoms with E-state index in [1.165, 1.54) is 24.3 Å². The second kappa shape index (κ2) is 9.88. The second-order valence-corrected chi connectivity index (χ2v) is 7.04. The lowest BCUT2D eigenvalue weighted by Gasteiger charge is -2.21. The van der Waals surface area contributed by atoms with Gasteiger partial charge in [-0.2, -0.15) is 0 Å². The highest BCUT2D eigenvalue weighted by Crippen LogP contribution is 2.19. The van der Waals surface area contributed by atoms with Crippen LogP contribution in [-0.4, -0.2) is 36.4 Å². The van der Waals surface area contributed by atoms with Crippen LogP contribution in [0.1, 0.15) is 24.8 Å². The third-order valence-electron chi connectivity index (χ3n) is 4.91. The SMILES string of the molecule is O=C(COc1ccc(F)cc1)NCC1CCC(=O)N(Cc2ccccc2)CC1. The predicted octanol–water partition coefficient (Wildman–Crippen LogP) is 3.15. The monoisotopic (exact) mass is 384 g/mol. The van der Waals surface area contributed by atoms with E-state index in [4.69, 9.17) is 4.74 Å². The normalized spacial score (nSPS) is 17.1. The first kappa shape index (κ1) is 19.9. The van der Waals surface area contributed by atoms with Gasteiger partial charge < -0.3 is 15.0 Å². The number of halogens is 1. The van der Waals surface area contributed by atoms with E-state index in [1.54, 1.807) is 0 Å². The van der Waals surface area contributed by atoms with E-state index in [1.807, 2.05) is 35.2 Å². The molecule has 2 amide bonds. The summed E-state index contributed by atoms with van der Waals surface area (Å²) in [7, 11) is 0. The van der Waals surface area contributed by atoms with Crippen LogP contribution in [0.25, 0.3) is 0 Å². The third kappa shape index (κ3) is 6.08. The van der Waals surface area contributed by atoms with Gasteiger partial charge >= 0.3 is 0 Å². The van der Waals surface area contributed by atoms with Gasteiger partial charge in [0.15, 0.2) is 6.61 Å². The van der Waals surface area contributed by atoms with Gasteiger partial charge in [-0.1, -0.05) is 30.3 Å². The molecule has 3 rings (SSSR count). The number of benzene rings is 2. The molecule has 2 aromatic rings. The van der Waals surface area contributed by atoms with Crippen LogP contribution in [0.3, 0.4) is 0 Å². The van der Waals surface area contributed by atoms with Crippen molar-refractivity contribution in [1.29, 1.82) is 0 Å². The predicted molar refractivity (Wildman–Crippen MR) is 104 cm³/mol. The molecule has 148 valence electrons. The average molecular weight is 384 g/mol. The molecule has 1 saturated heterocycles. The van der Waals surface area contributed by atoms with Crippen molar-refractivity contribution in [2.45, 2.75) is 25.8 Å². The fourth-order valence-corrected chi connectivity index (χ4v) is 3.26. The molecule has 0 saturated carbocycles. The molecule has 1 aliphatic heterocycles. The van der Waals surface area contributed by atoms with Gasteiger partial charge in [0, 0.05) is 26.1 Å². The zero-order chi connectivity index (χ0) is 19.8. The fourth-order valence-electron chi connectivity index (χ4n) is 3.26. The topological polar surface area (TPSA) is 58.6 Å². The van der Waals surface area contributed by atoms with Crippen LogP contribution in [0, 0.1) is 11.7 Å². The number of nitrogens with zero attached hydrogens (tertiary/aromatic N) is 1. The largest absolute Gasteiger partial charge is 0.484 e. The van der Waals surface area contributed by atoms with E-state index in [0.29, 0.717) is 31.8 Å². The van der Waals surface area contributed by atoms with E-state index >= 15 is 0 Å². The maximum Gasteiger partial charge on any atom is 0.257 e. The first-order chi connectivity index (χ1) is 13.6. The second-order valence-electron chi connectivity index (χ2n) is 7.04. The van der Waals surface area contributed by atoms with Gasteiger partial charge in [0.1, 0.15) is 11.6 Å². The van der Waals surface area contributed by atoms with E-state index in [9.17, 15) is 14.0 Å². The molecule has 0 aliphatic carbocycles. The van der Waals surface area contributed by atoms with Crippen molar-refractivity contribution in [3.05, 3.63) is 66.0 Å². The molecular weight excluding hydrogens is 359 g/mol. The van der Waals surface area contributed by atoms with Crippen molar-refractivity contribution in [3.63, 3.8) is 0 Å². The Kier molecular flexibility index (Phi) is 7.00. The Morgan fingerprint density at radius 3 is 2.61 bits per heavy atom. The number of carbonyl (C=O) groups is 2. The first-order valence-corrected chi connectivity index (χ1v) is 9.57. The average Bonchev–Trinajstić information content (AvgIpc) is 2.88. The lowest BCUT2D eigenvalue weighted by Crippen LogP contribution is -2.33. The van der Waals surface area contributed by atoms with Crippen molar-refractivity contribution in [1.82, 2.24) is 10.2 Å². The zero-order valence-corrected chi connectivity index (χ0v) is 15.8. The molecular formula is C22H25FN2O3. The van der Waals surface area contributed by atoms with E-state index < -0.39 is 0 Å². The lowest BCUT2D eigenvalue weighted by atomic mass is 10.0. The van der Waals surface area contributed by atoms with Crippen LogP contribution in [0.2, 0.25) is 0 Å². The standard InChI is InChI=1S/C22H25FN2O3/c23-19-7-9-20(10-8-19)28-16-21(26)24-14-17-6-11-22(27)25(13-12-17)15-18-4-2-1-3-5-18/h1-5,7-10,17H,6,11-16H2,(H,24,26). The Morgan fingerprint density at radius 2 is 1.86 bits per heavy atom. The quantitative estimate of drug-likeness (QED) is 0.798. The fraction of sp³-hybridized carbons (Fsp3) is 0.364. The summed E-state index contributed by atoms with van der Waals surface area (Å²) in [6.07, 6.45) is 2.13. The van der Waals surface area contributed by atoms with Crippen molar-refractivity contribution in [2.75, 3.05) is 19.7 Å². The van der Waals surface area contributed by atoms with Crippen LogP contribution in [0.4, 0.5) is 4.39 Å². The maximum atomic E-state index is 12.9. The minimum atomic E-state index is -0.346. The van der Waals surface area contributed by atoms with Gasteiger partial charge in [0.05, 0.1) is 0 Å². The Balaban J connectivity index is 1.40. The molecule has 1 N–H and O–H groups in total. The number of likely N-dealkylation sites (tertiary alicyclic amines) is 1. The summed E-state index contributed by atoms with van der Waals surface area (Å²) in [6.45, 7) is 1.74. The molecule has 1 unspecified atom stereocenters. The molecule has 28 heavy (non-hydrogen) atoms. The first-order valence-electron chi connectivity index (χ1n) is 9.57. The molecule has 0 spiro atoms. The summed E-state index contributed by atoms with van der Waals surface area (Å²) in [5.41, 5.74) is 1.13. The molecule has 1 fully saturated rings. The van der Waals surface area contributed by atoms with E-state index in [2.05, 4.69) is 5.32 Å². The van der Waals surface area contributed by atoms with Crippen LogP contribution < -0.4 is 10.1 Å². The van der Waals surface area contributed by atoms with Gasteiger partial charge in [-0.3, -0.25) is 9.59 Å². The molecule has 1 heterocycles. The Labute approximate surface area is 164 Å². The van der Waals surface area contributed by atoms with Gasteiger partial charge in [0.25, 0.3) is 5.91 Å². The van der Waals surface area contributed by atoms with Crippen molar-refractivity contribution < 1.29 is 18.7 Å². The van der Waals surface area contributed by atoms with E-state index in [-0.39, 0.29) is 30.2 Å². The van der Waals surface area contributed by atoms with Gasteiger partial charge in [-0.15, -0.1) is 0 Å². The van der Waals surface area contributed by atoms with Gasteiger partial charge in [-0.05, 0) is 48.6 Å². The third-order valence-corrected chi connectivity index (χ3v) is 4.91. The minimum absolute atomic E-state index is 0.114. The molecule has 5 nitrogen and oxygen atoms in total. The minimum Gasteiger partial charge on any atom is -0.484 e. The van der Waals surface area contributed by atoms with Crippen molar-refractivity contribution >= 4 is 11.8 Å². The molecule has 0 radical (unpaired) electrons. The molecule has 1 aliphatic rings. The number of ether oxygens (including phenoxy) is 1. The molecule has 0 aromatic heterocycles. The van der Waals surface area contributed by atoms with Gasteiger partial charge in [-0.25, -0.2) is 4.39 Å². The summed E-state index contributed by atoms with van der Waals surface area (Å²) in [4.78, 5) is 26.3. The lowest BCUT2D eigenvalue weighted by molar-refractivity contribution is -0.131. The summed E-state index contributed by atoms with van der Waals surface area (Å²) in [5, 5.41) is 2.87. The molecule has 0 bridgehead atoms. The Morgan fingerprint density at radius 1 is 1.11 bits per heavy atom. The van der Waals surface area contributed by atoms with Crippen LogP contribution in [-0.2, 0) is 16.1 Å². The zero-order valence-electron chi connectivity index (χ0n) is 15.8. The number of hydrogen-bond donors (Lipinski definition) is 1.